The van der Waals surface area contributed by atoms with Gasteiger partial charge in [0.1, 0.15) is 0 Å². The molecule has 1 aromatic carbocycles. The Kier molecular flexibility index (Phi) is 4.13. The highest BCUT2D eigenvalue weighted by Gasteiger charge is 2.66. The van der Waals surface area contributed by atoms with E-state index in [1.807, 2.05) is 42.2 Å². The number of hydrogen-bond donors (Lipinski definition) is 0. The number of nitrogens with zero attached hydrogens (tertiary/aromatic N) is 2. The van der Waals surface area contributed by atoms with E-state index in [1.165, 1.54) is 4.31 Å². The maximum atomic E-state index is 12.8. The highest BCUT2D eigenvalue weighted by atomic mass is 32.2. The molecule has 0 saturated carbocycles. The Bertz CT molecular complexity index is 767. The standard InChI is InChI=1S/C18H24N2O4S/c1-2-3-11-25(22,23)19-10-9-18-16(19)12-17(21)20(18)15(13-24-18)14-7-5-4-6-8-14/h4-8,15-16H,2-3,9-13H2,1H3/t15-,16+,18-/m0/s1. The summed E-state index contributed by atoms with van der Waals surface area (Å²) in [6.07, 6.45) is 2.25. The minimum absolute atomic E-state index is 0.00764. The normalized spacial score (nSPS) is 32.2. The smallest absolute Gasteiger partial charge is 0.227 e. The topological polar surface area (TPSA) is 66.9 Å². The van der Waals surface area contributed by atoms with Gasteiger partial charge in [0.15, 0.2) is 5.72 Å². The minimum atomic E-state index is -3.35. The van der Waals surface area contributed by atoms with Gasteiger partial charge >= 0.3 is 0 Å². The van der Waals surface area contributed by atoms with E-state index in [1.54, 1.807) is 0 Å². The monoisotopic (exact) mass is 364 g/mol. The number of unbranched alkanes of at least 4 members (excludes halogenated alkanes) is 1. The average molecular weight is 364 g/mol. The van der Waals surface area contributed by atoms with Crippen molar-refractivity contribution in [2.24, 2.45) is 0 Å². The molecule has 3 aliphatic rings. The zero-order chi connectivity index (χ0) is 17.7. The highest BCUT2D eigenvalue weighted by molar-refractivity contribution is 7.89. The molecular weight excluding hydrogens is 340 g/mol. The Morgan fingerprint density at radius 3 is 2.76 bits per heavy atom. The maximum absolute atomic E-state index is 12.8. The third-order valence-electron chi connectivity index (χ3n) is 5.70. The van der Waals surface area contributed by atoms with Crippen LogP contribution in [0, 0.1) is 0 Å². The minimum Gasteiger partial charge on any atom is -0.351 e. The summed E-state index contributed by atoms with van der Waals surface area (Å²) >= 11 is 0. The molecule has 0 bridgehead atoms. The molecule has 1 aromatic rings. The molecule has 6 nitrogen and oxygen atoms in total. The summed E-state index contributed by atoms with van der Waals surface area (Å²) in [7, 11) is -3.35. The van der Waals surface area contributed by atoms with Crippen molar-refractivity contribution in [2.45, 2.75) is 50.4 Å². The molecule has 0 radical (unpaired) electrons. The van der Waals surface area contributed by atoms with Crippen LogP contribution >= 0.6 is 0 Å². The van der Waals surface area contributed by atoms with Crippen molar-refractivity contribution in [3.05, 3.63) is 35.9 Å². The number of benzene rings is 1. The zero-order valence-corrected chi connectivity index (χ0v) is 15.2. The third-order valence-corrected chi connectivity index (χ3v) is 7.66. The molecule has 1 amide bonds. The molecule has 4 rings (SSSR count). The molecule has 136 valence electrons. The molecule has 3 atom stereocenters. The molecule has 0 N–H and O–H groups in total. The van der Waals surface area contributed by atoms with Gasteiger partial charge in [0.05, 0.1) is 24.4 Å². The van der Waals surface area contributed by atoms with E-state index in [2.05, 4.69) is 0 Å². The average Bonchev–Trinajstić information content (AvgIpc) is 3.23. The van der Waals surface area contributed by atoms with Gasteiger partial charge < -0.3 is 9.64 Å². The Hall–Kier alpha value is -1.44. The van der Waals surface area contributed by atoms with Gasteiger partial charge in [-0.05, 0) is 12.0 Å². The largest absolute Gasteiger partial charge is 0.351 e. The maximum Gasteiger partial charge on any atom is 0.227 e. The van der Waals surface area contributed by atoms with Gasteiger partial charge in [0.2, 0.25) is 15.9 Å². The Morgan fingerprint density at radius 2 is 2.04 bits per heavy atom. The van der Waals surface area contributed by atoms with Crippen molar-refractivity contribution < 1.29 is 17.9 Å². The van der Waals surface area contributed by atoms with E-state index in [-0.39, 0.29) is 24.1 Å². The molecule has 3 aliphatic heterocycles. The summed E-state index contributed by atoms with van der Waals surface area (Å²) in [5, 5.41) is 0. The molecule has 0 aromatic heterocycles. The Balaban J connectivity index is 1.64. The lowest BCUT2D eigenvalue weighted by Crippen LogP contribution is -2.49. The summed E-state index contributed by atoms with van der Waals surface area (Å²) in [6.45, 7) is 2.84. The van der Waals surface area contributed by atoms with Crippen LogP contribution in [-0.4, -0.2) is 54.2 Å². The first-order valence-electron chi connectivity index (χ1n) is 9.00. The van der Waals surface area contributed by atoms with Gasteiger partial charge in [-0.3, -0.25) is 4.79 Å². The van der Waals surface area contributed by atoms with Crippen molar-refractivity contribution in [2.75, 3.05) is 18.9 Å². The summed E-state index contributed by atoms with van der Waals surface area (Å²) in [4.78, 5) is 14.6. The van der Waals surface area contributed by atoms with Crippen molar-refractivity contribution in [3.8, 4) is 0 Å². The van der Waals surface area contributed by atoms with Crippen LogP contribution in [-0.2, 0) is 19.6 Å². The molecule has 3 saturated heterocycles. The van der Waals surface area contributed by atoms with Gasteiger partial charge in [0.25, 0.3) is 0 Å². The lowest BCUT2D eigenvalue weighted by Gasteiger charge is -2.33. The number of rotatable bonds is 5. The van der Waals surface area contributed by atoms with Gasteiger partial charge in [-0.15, -0.1) is 0 Å². The lowest BCUT2D eigenvalue weighted by molar-refractivity contribution is -0.138. The zero-order valence-electron chi connectivity index (χ0n) is 14.4. The van der Waals surface area contributed by atoms with Crippen molar-refractivity contribution in [3.63, 3.8) is 0 Å². The fourth-order valence-electron chi connectivity index (χ4n) is 4.51. The van der Waals surface area contributed by atoms with E-state index in [9.17, 15) is 13.2 Å². The number of hydrogen-bond acceptors (Lipinski definition) is 4. The van der Waals surface area contributed by atoms with E-state index >= 15 is 0 Å². The fraction of sp³-hybridized carbons (Fsp3) is 0.611. The molecule has 25 heavy (non-hydrogen) atoms. The summed E-state index contributed by atoms with van der Waals surface area (Å²) in [5.74, 6) is 0.138. The number of amides is 1. The first-order valence-corrected chi connectivity index (χ1v) is 10.6. The van der Waals surface area contributed by atoms with Crippen LogP contribution in [0.25, 0.3) is 0 Å². The van der Waals surface area contributed by atoms with Crippen LogP contribution in [0.2, 0.25) is 0 Å². The predicted molar refractivity (Wildman–Crippen MR) is 93.1 cm³/mol. The van der Waals surface area contributed by atoms with E-state index in [4.69, 9.17) is 4.74 Å². The quantitative estimate of drug-likeness (QED) is 0.800. The number of carbonyl (C=O) groups is 1. The van der Waals surface area contributed by atoms with E-state index in [0.29, 0.717) is 26.0 Å². The van der Waals surface area contributed by atoms with Crippen LogP contribution in [0.15, 0.2) is 30.3 Å². The fourth-order valence-corrected chi connectivity index (χ4v) is 6.39. The molecule has 0 unspecified atom stereocenters. The van der Waals surface area contributed by atoms with Crippen LogP contribution in [0.4, 0.5) is 0 Å². The van der Waals surface area contributed by atoms with Gasteiger partial charge in [0, 0.05) is 19.4 Å². The highest BCUT2D eigenvalue weighted by Crippen LogP contribution is 2.52. The van der Waals surface area contributed by atoms with E-state index < -0.39 is 21.8 Å². The molecule has 0 aliphatic carbocycles. The molecule has 3 heterocycles. The first-order chi connectivity index (χ1) is 12.0. The number of ether oxygens (including phenoxy) is 1. The molecule has 3 fully saturated rings. The Morgan fingerprint density at radius 1 is 1.28 bits per heavy atom. The van der Waals surface area contributed by atoms with Crippen LogP contribution in [0.1, 0.15) is 44.2 Å². The third kappa shape index (κ3) is 2.52. The summed E-state index contributed by atoms with van der Waals surface area (Å²) in [5.41, 5.74) is 0.261. The van der Waals surface area contributed by atoms with E-state index in [0.717, 1.165) is 12.0 Å². The predicted octanol–water partition coefficient (Wildman–Crippen LogP) is 1.89. The van der Waals surface area contributed by atoms with Crippen LogP contribution < -0.4 is 0 Å². The first kappa shape index (κ1) is 17.0. The van der Waals surface area contributed by atoms with Crippen molar-refractivity contribution in [1.82, 2.24) is 9.21 Å². The van der Waals surface area contributed by atoms with Gasteiger partial charge in [-0.1, -0.05) is 43.7 Å². The van der Waals surface area contributed by atoms with Crippen LogP contribution in [0.3, 0.4) is 0 Å². The SMILES string of the molecule is CCCCS(=O)(=O)N1CC[C@@]23OC[C@@H](c4ccccc4)N2C(=O)C[C@@H]13. The Labute approximate surface area is 148 Å². The second-order valence-corrected chi connectivity index (χ2v) is 9.14. The second-order valence-electron chi connectivity index (χ2n) is 7.10. The lowest BCUT2D eigenvalue weighted by atomic mass is 10.0. The molecule has 7 heteroatoms. The van der Waals surface area contributed by atoms with Crippen molar-refractivity contribution in [1.29, 1.82) is 0 Å². The van der Waals surface area contributed by atoms with Crippen molar-refractivity contribution >= 4 is 15.9 Å². The number of carbonyl (C=O) groups excluding carboxylic acids is 1. The molecule has 1 spiro atoms. The van der Waals surface area contributed by atoms with Gasteiger partial charge in [-0.2, -0.15) is 4.31 Å². The summed E-state index contributed by atoms with van der Waals surface area (Å²) < 4.78 is 33.1. The second kappa shape index (κ2) is 6.07. The summed E-state index contributed by atoms with van der Waals surface area (Å²) in [6, 6.07) is 9.33. The van der Waals surface area contributed by atoms with Gasteiger partial charge in [-0.25, -0.2) is 8.42 Å². The number of sulfonamides is 1. The molecular formula is C18H24N2O4S. The van der Waals surface area contributed by atoms with Crippen LogP contribution in [0.5, 0.6) is 0 Å².